The van der Waals surface area contributed by atoms with E-state index < -0.39 is 0 Å². The van der Waals surface area contributed by atoms with Crippen LogP contribution in [0.2, 0.25) is 10.2 Å². The van der Waals surface area contributed by atoms with Crippen LogP contribution < -0.4 is 10.1 Å². The number of nitrogens with one attached hydrogen (secondary N) is 1. The van der Waals surface area contributed by atoms with Crippen molar-refractivity contribution >= 4 is 56.7 Å². The number of aromatic nitrogens is 1. The van der Waals surface area contributed by atoms with Crippen molar-refractivity contribution < 1.29 is 4.74 Å². The average molecular weight is 423 g/mol. The molecule has 1 saturated carbocycles. The molecular formula is C14H13Cl2IN2O. The molecule has 0 spiro atoms. The third-order valence-corrected chi connectivity index (χ3v) is 4.92. The quantitative estimate of drug-likeness (QED) is 0.592. The molecule has 106 valence electrons. The van der Waals surface area contributed by atoms with E-state index in [9.17, 15) is 0 Å². The Morgan fingerprint density at radius 3 is 2.80 bits per heavy atom. The first-order valence-corrected chi connectivity index (χ1v) is 8.20. The molecule has 0 bridgehead atoms. The minimum Gasteiger partial charge on any atom is -0.487 e. The first-order valence-electron chi connectivity index (χ1n) is 6.36. The van der Waals surface area contributed by atoms with Gasteiger partial charge in [0.2, 0.25) is 0 Å². The predicted octanol–water partition coefficient (Wildman–Crippen LogP) is 4.28. The third-order valence-electron chi connectivity index (χ3n) is 3.59. The van der Waals surface area contributed by atoms with Gasteiger partial charge in [-0.1, -0.05) is 23.2 Å². The monoisotopic (exact) mass is 422 g/mol. The van der Waals surface area contributed by atoms with Gasteiger partial charge in [0, 0.05) is 11.4 Å². The van der Waals surface area contributed by atoms with Gasteiger partial charge in [-0.2, -0.15) is 0 Å². The second-order valence-corrected chi connectivity index (χ2v) is 6.85. The van der Waals surface area contributed by atoms with E-state index >= 15 is 0 Å². The van der Waals surface area contributed by atoms with Crippen molar-refractivity contribution in [1.82, 2.24) is 10.3 Å². The summed E-state index contributed by atoms with van der Waals surface area (Å²) < 4.78 is 7.07. The van der Waals surface area contributed by atoms with Crippen LogP contribution in [0.3, 0.4) is 0 Å². The Morgan fingerprint density at radius 2 is 2.10 bits per heavy atom. The molecule has 1 fully saturated rings. The maximum Gasteiger partial charge on any atom is 0.159 e. The molecular weight excluding hydrogens is 410 g/mol. The van der Waals surface area contributed by atoms with Gasteiger partial charge in [-0.25, -0.2) is 4.98 Å². The number of nitrogens with zero attached hydrogens (tertiary/aromatic N) is 1. The Hall–Kier alpha value is -0.300. The lowest BCUT2D eigenvalue weighted by Gasteiger charge is -2.35. The molecule has 0 unspecified atom stereocenters. The fourth-order valence-electron chi connectivity index (χ4n) is 2.35. The summed E-state index contributed by atoms with van der Waals surface area (Å²) in [4.78, 5) is 4.38. The van der Waals surface area contributed by atoms with E-state index in [1.165, 1.54) is 0 Å². The van der Waals surface area contributed by atoms with Crippen molar-refractivity contribution in [2.24, 2.45) is 0 Å². The molecule has 1 heterocycles. The van der Waals surface area contributed by atoms with Gasteiger partial charge >= 0.3 is 0 Å². The van der Waals surface area contributed by atoms with Crippen LogP contribution in [0.5, 0.6) is 5.75 Å². The second kappa shape index (κ2) is 5.83. The number of halogens is 3. The first kappa shape index (κ1) is 14.6. The summed E-state index contributed by atoms with van der Waals surface area (Å²) in [5.74, 6) is 0.784. The molecule has 0 saturated heterocycles. The van der Waals surface area contributed by atoms with Crippen LogP contribution >= 0.6 is 45.8 Å². The molecule has 20 heavy (non-hydrogen) atoms. The summed E-state index contributed by atoms with van der Waals surface area (Å²) in [6.07, 6.45) is 2.25. The van der Waals surface area contributed by atoms with Crippen LogP contribution in [0.25, 0.3) is 10.9 Å². The predicted molar refractivity (Wildman–Crippen MR) is 91.0 cm³/mol. The Labute approximate surface area is 141 Å². The third kappa shape index (κ3) is 2.71. The van der Waals surface area contributed by atoms with Crippen molar-refractivity contribution in [3.05, 3.63) is 31.9 Å². The maximum atomic E-state index is 6.26. The fraction of sp³-hybridized carbons (Fsp3) is 0.357. The van der Waals surface area contributed by atoms with Crippen molar-refractivity contribution in [2.45, 2.75) is 25.0 Å². The smallest absolute Gasteiger partial charge is 0.159 e. The van der Waals surface area contributed by atoms with Gasteiger partial charge in [-0.05, 0) is 60.7 Å². The number of ether oxygens (including phenoxy) is 1. The molecule has 0 atom stereocenters. The lowest BCUT2D eigenvalue weighted by Crippen LogP contribution is -2.45. The van der Waals surface area contributed by atoms with E-state index in [4.69, 9.17) is 27.9 Å². The zero-order valence-electron chi connectivity index (χ0n) is 10.8. The van der Waals surface area contributed by atoms with Gasteiger partial charge in [0.1, 0.15) is 16.8 Å². The zero-order chi connectivity index (χ0) is 14.3. The van der Waals surface area contributed by atoms with Crippen LogP contribution in [0.1, 0.15) is 12.8 Å². The van der Waals surface area contributed by atoms with Crippen LogP contribution in [-0.4, -0.2) is 24.2 Å². The molecule has 6 heteroatoms. The summed E-state index contributed by atoms with van der Waals surface area (Å²) >= 11 is 14.5. The van der Waals surface area contributed by atoms with Crippen molar-refractivity contribution in [1.29, 1.82) is 0 Å². The van der Waals surface area contributed by atoms with E-state index in [-0.39, 0.29) is 6.10 Å². The Balaban J connectivity index is 1.99. The average Bonchev–Trinajstić information content (AvgIpc) is 2.36. The van der Waals surface area contributed by atoms with Gasteiger partial charge in [-0.3, -0.25) is 0 Å². The SMILES string of the molecule is CNC1CC(Oc2c(I)cc(Cl)c3ccc(Cl)nc23)C1. The van der Waals surface area contributed by atoms with Gasteiger partial charge < -0.3 is 10.1 Å². The largest absolute Gasteiger partial charge is 0.487 e. The number of hydrogen-bond acceptors (Lipinski definition) is 3. The van der Waals surface area contributed by atoms with E-state index in [0.29, 0.717) is 16.2 Å². The first-order chi connectivity index (χ1) is 9.58. The Bertz CT molecular complexity index is 659. The van der Waals surface area contributed by atoms with Gasteiger partial charge in [0.05, 0.1) is 8.59 Å². The summed E-state index contributed by atoms with van der Waals surface area (Å²) in [6, 6.07) is 6.08. The molecule has 0 aliphatic heterocycles. The highest BCUT2D eigenvalue weighted by atomic mass is 127. The molecule has 1 aromatic heterocycles. The van der Waals surface area contributed by atoms with Crippen LogP contribution in [0, 0.1) is 3.57 Å². The standard InChI is InChI=1S/C14H13Cl2IN2O/c1-18-7-4-8(5-7)20-14-11(17)6-10(15)9-2-3-12(16)19-13(9)14/h2-3,6-8,18H,4-5H2,1H3. The summed E-state index contributed by atoms with van der Waals surface area (Å²) in [7, 11) is 1.98. The molecule has 3 nitrogen and oxygen atoms in total. The summed E-state index contributed by atoms with van der Waals surface area (Å²) in [6.45, 7) is 0. The summed E-state index contributed by atoms with van der Waals surface area (Å²) in [5.41, 5.74) is 0.738. The highest BCUT2D eigenvalue weighted by Gasteiger charge is 2.30. The molecule has 1 N–H and O–H groups in total. The molecule has 1 aromatic carbocycles. The van der Waals surface area contributed by atoms with E-state index in [0.717, 1.165) is 33.1 Å². The molecule has 1 aliphatic rings. The number of rotatable bonds is 3. The topological polar surface area (TPSA) is 34.1 Å². The summed E-state index contributed by atoms with van der Waals surface area (Å²) in [5, 5.41) is 5.23. The highest BCUT2D eigenvalue weighted by molar-refractivity contribution is 14.1. The lowest BCUT2D eigenvalue weighted by atomic mass is 9.89. The Morgan fingerprint density at radius 1 is 1.35 bits per heavy atom. The number of fused-ring (bicyclic) bond motifs is 1. The molecule has 2 aromatic rings. The van der Waals surface area contributed by atoms with Gasteiger partial charge in [0.25, 0.3) is 0 Å². The molecule has 1 aliphatic carbocycles. The number of hydrogen-bond donors (Lipinski definition) is 1. The van der Waals surface area contributed by atoms with E-state index in [2.05, 4.69) is 32.9 Å². The van der Waals surface area contributed by atoms with Crippen LogP contribution in [0.4, 0.5) is 0 Å². The number of benzene rings is 1. The van der Waals surface area contributed by atoms with Gasteiger partial charge in [-0.15, -0.1) is 0 Å². The lowest BCUT2D eigenvalue weighted by molar-refractivity contribution is 0.0890. The second-order valence-electron chi connectivity index (χ2n) is 4.90. The molecule has 0 amide bonds. The fourth-order valence-corrected chi connectivity index (χ4v) is 3.63. The highest BCUT2D eigenvalue weighted by Crippen LogP contribution is 2.38. The maximum absolute atomic E-state index is 6.26. The minimum atomic E-state index is 0.228. The van der Waals surface area contributed by atoms with Crippen molar-refractivity contribution in [3.8, 4) is 5.75 Å². The van der Waals surface area contributed by atoms with Crippen molar-refractivity contribution in [2.75, 3.05) is 7.05 Å². The van der Waals surface area contributed by atoms with Crippen molar-refractivity contribution in [3.63, 3.8) is 0 Å². The Kier molecular flexibility index (Phi) is 4.26. The van der Waals surface area contributed by atoms with Crippen LogP contribution in [0.15, 0.2) is 18.2 Å². The normalized spacial score (nSPS) is 21.8. The number of pyridine rings is 1. The molecule has 0 radical (unpaired) electrons. The van der Waals surface area contributed by atoms with E-state index in [1.807, 2.05) is 19.2 Å². The minimum absolute atomic E-state index is 0.228. The van der Waals surface area contributed by atoms with Gasteiger partial charge in [0.15, 0.2) is 5.75 Å². The zero-order valence-corrected chi connectivity index (χ0v) is 14.5. The van der Waals surface area contributed by atoms with Crippen LogP contribution in [-0.2, 0) is 0 Å². The molecule has 3 rings (SSSR count). The van der Waals surface area contributed by atoms with E-state index in [1.54, 1.807) is 6.07 Å².